The molecule has 1 unspecified atom stereocenters. The van der Waals surface area contributed by atoms with E-state index in [0.29, 0.717) is 5.92 Å². The molecule has 0 heterocycles. The van der Waals surface area contributed by atoms with E-state index in [2.05, 4.69) is 19.2 Å². The summed E-state index contributed by atoms with van der Waals surface area (Å²) in [6.45, 7) is 7.89. The van der Waals surface area contributed by atoms with Crippen LogP contribution in [0.4, 0.5) is 5.69 Å². The van der Waals surface area contributed by atoms with E-state index in [1.54, 1.807) is 6.92 Å². The lowest BCUT2D eigenvalue weighted by Gasteiger charge is -2.17. The van der Waals surface area contributed by atoms with Gasteiger partial charge < -0.3 is 10.4 Å². The zero-order valence-electron chi connectivity index (χ0n) is 12.6. The molecule has 20 heavy (non-hydrogen) atoms. The van der Waals surface area contributed by atoms with Crippen molar-refractivity contribution < 1.29 is 14.7 Å². The summed E-state index contributed by atoms with van der Waals surface area (Å²) in [4.78, 5) is 22.6. The molecule has 0 saturated heterocycles. The molecule has 1 aromatic rings. The number of anilines is 1. The molecule has 0 aliphatic rings. The van der Waals surface area contributed by atoms with E-state index in [1.807, 2.05) is 25.1 Å². The molecular formula is C16H23NO3. The summed E-state index contributed by atoms with van der Waals surface area (Å²) >= 11 is 0. The van der Waals surface area contributed by atoms with Gasteiger partial charge in [-0.3, -0.25) is 9.59 Å². The molecule has 0 saturated carbocycles. The zero-order chi connectivity index (χ0) is 15.3. The number of aryl methyl sites for hydroxylation is 1. The fourth-order valence-corrected chi connectivity index (χ4v) is 2.22. The van der Waals surface area contributed by atoms with Gasteiger partial charge in [-0.15, -0.1) is 0 Å². The van der Waals surface area contributed by atoms with Gasteiger partial charge in [0.25, 0.3) is 0 Å². The number of aliphatic carboxylic acids is 1. The summed E-state index contributed by atoms with van der Waals surface area (Å²) in [5, 5.41) is 11.6. The number of nitrogens with one attached hydrogen (secondary N) is 1. The number of carbonyl (C=O) groups excluding carboxylic acids is 1. The second kappa shape index (κ2) is 7.08. The fraction of sp³-hybridized carbons (Fsp3) is 0.500. The van der Waals surface area contributed by atoms with Gasteiger partial charge in [-0.25, -0.2) is 0 Å². The van der Waals surface area contributed by atoms with Gasteiger partial charge in [0.05, 0.1) is 0 Å². The summed E-state index contributed by atoms with van der Waals surface area (Å²) < 4.78 is 0. The van der Waals surface area contributed by atoms with E-state index in [1.165, 1.54) is 0 Å². The third kappa shape index (κ3) is 4.68. The number of rotatable bonds is 6. The summed E-state index contributed by atoms with van der Waals surface area (Å²) in [6, 6.07) is 5.95. The molecule has 110 valence electrons. The Bertz CT molecular complexity index is 494. The molecular weight excluding hydrogens is 254 g/mol. The molecule has 0 bridgehead atoms. The van der Waals surface area contributed by atoms with Crippen molar-refractivity contribution in [1.29, 1.82) is 0 Å². The Kier molecular flexibility index (Phi) is 5.74. The molecule has 0 radical (unpaired) electrons. The summed E-state index contributed by atoms with van der Waals surface area (Å²) in [7, 11) is 0. The summed E-state index contributed by atoms with van der Waals surface area (Å²) in [5.74, 6) is -0.848. The lowest BCUT2D eigenvalue weighted by Crippen LogP contribution is -2.18. The Hall–Kier alpha value is -1.84. The minimum atomic E-state index is -0.871. The molecule has 4 heteroatoms. The third-order valence-corrected chi connectivity index (χ3v) is 3.25. The number of carboxylic acid groups (broad SMARTS) is 1. The minimum Gasteiger partial charge on any atom is -0.481 e. The highest BCUT2D eigenvalue weighted by atomic mass is 16.4. The summed E-state index contributed by atoms with van der Waals surface area (Å²) in [6.07, 6.45) is 0.233. The van der Waals surface area contributed by atoms with Crippen LogP contribution in [-0.2, 0) is 9.59 Å². The number of hydrogen-bond donors (Lipinski definition) is 2. The van der Waals surface area contributed by atoms with Gasteiger partial charge in [-0.1, -0.05) is 39.0 Å². The highest BCUT2D eigenvalue weighted by molar-refractivity contribution is 5.92. The number of carboxylic acids is 1. The predicted octanol–water partition coefficient (Wildman–Crippen LogP) is 3.56. The number of carbonyl (C=O) groups is 2. The van der Waals surface area contributed by atoms with Crippen LogP contribution in [0.5, 0.6) is 0 Å². The summed E-state index contributed by atoms with van der Waals surface area (Å²) in [5.41, 5.74) is 2.98. The van der Waals surface area contributed by atoms with Gasteiger partial charge in [0.15, 0.2) is 0 Å². The lowest BCUT2D eigenvalue weighted by atomic mass is 9.97. The van der Waals surface area contributed by atoms with Crippen molar-refractivity contribution in [2.45, 2.75) is 46.5 Å². The first-order valence-corrected chi connectivity index (χ1v) is 6.92. The average Bonchev–Trinajstić information content (AvgIpc) is 2.29. The molecule has 2 N–H and O–H groups in total. The Morgan fingerprint density at radius 1 is 1.20 bits per heavy atom. The van der Waals surface area contributed by atoms with E-state index in [-0.39, 0.29) is 24.7 Å². The second-order valence-electron chi connectivity index (χ2n) is 5.65. The van der Waals surface area contributed by atoms with E-state index < -0.39 is 5.97 Å². The first-order chi connectivity index (χ1) is 9.31. The van der Waals surface area contributed by atoms with Crippen molar-refractivity contribution in [3.63, 3.8) is 0 Å². The van der Waals surface area contributed by atoms with Crippen molar-refractivity contribution in [3.8, 4) is 0 Å². The van der Waals surface area contributed by atoms with Crippen molar-refractivity contribution in [2.75, 3.05) is 5.32 Å². The molecule has 0 aliphatic carbocycles. The molecule has 1 atom stereocenters. The molecule has 1 rings (SSSR count). The predicted molar refractivity (Wildman–Crippen MR) is 79.9 cm³/mol. The number of benzene rings is 1. The topological polar surface area (TPSA) is 66.4 Å². The molecule has 1 aromatic carbocycles. The van der Waals surface area contributed by atoms with Crippen molar-refractivity contribution in [3.05, 3.63) is 29.3 Å². The van der Waals surface area contributed by atoms with Crippen LogP contribution in [0.25, 0.3) is 0 Å². The smallest absolute Gasteiger partial charge is 0.303 e. The van der Waals surface area contributed by atoms with E-state index in [9.17, 15) is 9.59 Å². The van der Waals surface area contributed by atoms with E-state index in [0.717, 1.165) is 16.8 Å². The van der Waals surface area contributed by atoms with Crippen LogP contribution in [0.3, 0.4) is 0 Å². The molecule has 4 nitrogen and oxygen atoms in total. The van der Waals surface area contributed by atoms with E-state index >= 15 is 0 Å². The zero-order valence-corrected chi connectivity index (χ0v) is 12.6. The second-order valence-corrected chi connectivity index (χ2v) is 5.65. The van der Waals surface area contributed by atoms with E-state index in [4.69, 9.17) is 5.11 Å². The maximum atomic E-state index is 12.0. The van der Waals surface area contributed by atoms with Gasteiger partial charge in [0, 0.05) is 18.5 Å². The Morgan fingerprint density at radius 2 is 1.85 bits per heavy atom. The van der Waals surface area contributed by atoms with Crippen LogP contribution in [-0.4, -0.2) is 17.0 Å². The molecule has 0 spiro atoms. The lowest BCUT2D eigenvalue weighted by molar-refractivity contribution is -0.138. The van der Waals surface area contributed by atoms with Crippen LogP contribution in [0, 0.1) is 12.8 Å². The fourth-order valence-electron chi connectivity index (χ4n) is 2.22. The van der Waals surface area contributed by atoms with Crippen LogP contribution in [0.15, 0.2) is 18.2 Å². The highest BCUT2D eigenvalue weighted by Crippen LogP contribution is 2.27. The monoisotopic (exact) mass is 277 g/mol. The Labute approximate surface area is 120 Å². The van der Waals surface area contributed by atoms with Gasteiger partial charge >= 0.3 is 5.97 Å². The highest BCUT2D eigenvalue weighted by Gasteiger charge is 2.15. The van der Waals surface area contributed by atoms with Crippen molar-refractivity contribution in [1.82, 2.24) is 0 Å². The van der Waals surface area contributed by atoms with Gasteiger partial charge in [-0.2, -0.15) is 0 Å². The SMILES string of the molecule is Cc1cccc(C(C)C)c1NC(=O)CC(C)CC(=O)O. The number of para-hydroxylation sites is 1. The Morgan fingerprint density at radius 3 is 2.40 bits per heavy atom. The normalized spacial score (nSPS) is 12.2. The first-order valence-electron chi connectivity index (χ1n) is 6.92. The maximum Gasteiger partial charge on any atom is 0.303 e. The number of amides is 1. The first kappa shape index (κ1) is 16.2. The minimum absolute atomic E-state index is 0.0121. The third-order valence-electron chi connectivity index (χ3n) is 3.25. The van der Waals surface area contributed by atoms with Gasteiger partial charge in [-0.05, 0) is 29.9 Å². The maximum absolute atomic E-state index is 12.0. The standard InChI is InChI=1S/C16H23NO3/c1-10(2)13-7-5-6-12(4)16(13)17-14(18)8-11(3)9-15(19)20/h5-7,10-11H,8-9H2,1-4H3,(H,17,18)(H,19,20). The molecule has 0 fully saturated rings. The largest absolute Gasteiger partial charge is 0.481 e. The molecule has 0 aliphatic heterocycles. The average molecular weight is 277 g/mol. The van der Waals surface area contributed by atoms with Crippen LogP contribution < -0.4 is 5.32 Å². The Balaban J connectivity index is 2.78. The number of hydrogen-bond acceptors (Lipinski definition) is 2. The van der Waals surface area contributed by atoms with Crippen LogP contribution >= 0.6 is 0 Å². The molecule has 1 amide bonds. The van der Waals surface area contributed by atoms with Gasteiger partial charge in [0.1, 0.15) is 0 Å². The van der Waals surface area contributed by atoms with Gasteiger partial charge in [0.2, 0.25) is 5.91 Å². The van der Waals surface area contributed by atoms with Crippen molar-refractivity contribution >= 4 is 17.6 Å². The molecule has 0 aromatic heterocycles. The quantitative estimate of drug-likeness (QED) is 0.835. The van der Waals surface area contributed by atoms with Crippen molar-refractivity contribution in [2.24, 2.45) is 5.92 Å². The van der Waals surface area contributed by atoms with Crippen LogP contribution in [0.1, 0.15) is 50.7 Å². The van der Waals surface area contributed by atoms with Crippen LogP contribution in [0.2, 0.25) is 0 Å².